The number of aromatic nitrogens is 2. The van der Waals surface area contributed by atoms with E-state index in [-0.39, 0.29) is 35.0 Å². The van der Waals surface area contributed by atoms with Gasteiger partial charge in [-0.2, -0.15) is 0 Å². The van der Waals surface area contributed by atoms with Crippen molar-refractivity contribution in [1.29, 1.82) is 0 Å². The van der Waals surface area contributed by atoms with E-state index in [1.165, 1.54) is 0 Å². The minimum Gasteiger partial charge on any atom is -0.372 e. The lowest BCUT2D eigenvalue weighted by atomic mass is 9.74. The van der Waals surface area contributed by atoms with Gasteiger partial charge in [-0.15, -0.1) is 0 Å². The second-order valence-electron chi connectivity index (χ2n) is 10.6. The Labute approximate surface area is 169 Å². The van der Waals surface area contributed by atoms with Gasteiger partial charge in [0.15, 0.2) is 0 Å². The normalized spacial score (nSPS) is 27.2. The highest BCUT2D eigenvalue weighted by atomic mass is 16.5. The number of nitrogens with zero attached hydrogens (tertiary/aromatic N) is 3. The van der Waals surface area contributed by atoms with Gasteiger partial charge in [0, 0.05) is 31.3 Å². The minimum absolute atomic E-state index is 0.0230. The van der Waals surface area contributed by atoms with Crippen molar-refractivity contribution in [2.45, 2.75) is 86.0 Å². The van der Waals surface area contributed by atoms with Crippen LogP contribution in [0, 0.1) is 10.8 Å². The molecule has 1 amide bonds. The molecule has 1 aromatic heterocycles. The Morgan fingerprint density at radius 1 is 1.29 bits per heavy atom. The summed E-state index contributed by atoms with van der Waals surface area (Å²) in [5, 5.41) is 3.25. The van der Waals surface area contributed by atoms with Crippen LogP contribution in [0.25, 0.3) is 0 Å². The van der Waals surface area contributed by atoms with E-state index in [0.29, 0.717) is 6.42 Å². The molecule has 6 nitrogen and oxygen atoms in total. The Kier molecular flexibility index (Phi) is 5.72. The van der Waals surface area contributed by atoms with E-state index >= 15 is 0 Å². The van der Waals surface area contributed by atoms with Gasteiger partial charge in [-0.3, -0.25) is 4.79 Å². The zero-order valence-corrected chi connectivity index (χ0v) is 18.5. The third-order valence-electron chi connectivity index (χ3n) is 5.39. The molecule has 2 aliphatic rings. The monoisotopic (exact) mass is 388 g/mol. The van der Waals surface area contributed by atoms with Gasteiger partial charge in [-0.25, -0.2) is 9.97 Å². The number of amides is 1. The van der Waals surface area contributed by atoms with Gasteiger partial charge in [0.25, 0.3) is 0 Å². The predicted octanol–water partition coefficient (Wildman–Crippen LogP) is 3.66. The summed E-state index contributed by atoms with van der Waals surface area (Å²) in [5.41, 5.74) is 2.19. The zero-order chi connectivity index (χ0) is 20.7. The largest absolute Gasteiger partial charge is 0.372 e. The second-order valence-corrected chi connectivity index (χ2v) is 10.6. The summed E-state index contributed by atoms with van der Waals surface area (Å²) in [7, 11) is 0. The fraction of sp³-hybridized carbons (Fsp3) is 0.773. The molecule has 3 atom stereocenters. The van der Waals surface area contributed by atoms with Crippen molar-refractivity contribution in [2.75, 3.05) is 18.0 Å². The van der Waals surface area contributed by atoms with Gasteiger partial charge in [-0.1, -0.05) is 34.6 Å². The van der Waals surface area contributed by atoms with E-state index in [1.807, 2.05) is 6.20 Å². The van der Waals surface area contributed by atoms with Crippen LogP contribution >= 0.6 is 0 Å². The first-order chi connectivity index (χ1) is 12.9. The van der Waals surface area contributed by atoms with Gasteiger partial charge in [0.05, 0.1) is 23.9 Å². The van der Waals surface area contributed by atoms with E-state index in [2.05, 4.69) is 63.7 Å². The van der Waals surface area contributed by atoms with Gasteiger partial charge in [0.2, 0.25) is 11.9 Å². The predicted molar refractivity (Wildman–Crippen MR) is 111 cm³/mol. The van der Waals surface area contributed by atoms with Crippen molar-refractivity contribution >= 4 is 11.9 Å². The molecular formula is C22H36N4O2. The smallest absolute Gasteiger partial charge is 0.225 e. The van der Waals surface area contributed by atoms with Crippen LogP contribution in [0.5, 0.6) is 0 Å². The second kappa shape index (κ2) is 7.62. The number of carbonyl (C=O) groups excluding carboxylic acids is 1. The van der Waals surface area contributed by atoms with Crippen molar-refractivity contribution in [3.8, 4) is 0 Å². The first kappa shape index (κ1) is 21.0. The molecule has 3 rings (SSSR count). The highest BCUT2D eigenvalue weighted by Crippen LogP contribution is 2.40. The van der Waals surface area contributed by atoms with E-state index in [9.17, 15) is 4.79 Å². The molecule has 2 heterocycles. The number of anilines is 1. The number of morpholine rings is 1. The summed E-state index contributed by atoms with van der Waals surface area (Å²) < 4.78 is 5.84. The van der Waals surface area contributed by atoms with Crippen LogP contribution < -0.4 is 10.2 Å². The topological polar surface area (TPSA) is 67.4 Å². The van der Waals surface area contributed by atoms with Crippen LogP contribution in [0.15, 0.2) is 6.20 Å². The highest BCUT2D eigenvalue weighted by Gasteiger charge is 2.35. The van der Waals surface area contributed by atoms with E-state index in [4.69, 9.17) is 9.72 Å². The van der Waals surface area contributed by atoms with Crippen molar-refractivity contribution in [3.05, 3.63) is 17.5 Å². The average Bonchev–Trinajstić information content (AvgIpc) is 2.50. The quantitative estimate of drug-likeness (QED) is 0.856. The van der Waals surface area contributed by atoms with Crippen LogP contribution in [0.3, 0.4) is 0 Å². The van der Waals surface area contributed by atoms with Crippen LogP contribution in [-0.2, 0) is 16.0 Å². The molecule has 1 aromatic rings. The SMILES string of the molecule is C[C@@H]1CN(c2ncc3c(n2)CC(C)(C)C[C@H]3NC(=O)CC(C)(C)C)C[C@@H](C)O1. The number of rotatable bonds is 3. The third kappa shape index (κ3) is 5.22. The first-order valence-corrected chi connectivity index (χ1v) is 10.5. The Hall–Kier alpha value is -1.69. The Morgan fingerprint density at radius 3 is 2.54 bits per heavy atom. The maximum absolute atomic E-state index is 12.6. The summed E-state index contributed by atoms with van der Waals surface area (Å²) >= 11 is 0. The molecule has 0 saturated carbocycles. The van der Waals surface area contributed by atoms with Crippen molar-refractivity contribution < 1.29 is 9.53 Å². The molecular weight excluding hydrogens is 352 g/mol. The number of hydrogen-bond acceptors (Lipinski definition) is 5. The molecule has 1 aliphatic carbocycles. The molecule has 0 radical (unpaired) electrons. The van der Waals surface area contributed by atoms with E-state index < -0.39 is 0 Å². The molecule has 6 heteroatoms. The van der Waals surface area contributed by atoms with Gasteiger partial charge in [-0.05, 0) is 37.5 Å². The van der Waals surface area contributed by atoms with Gasteiger partial charge >= 0.3 is 0 Å². The molecule has 0 aromatic carbocycles. The number of ether oxygens (including phenoxy) is 1. The molecule has 0 spiro atoms. The summed E-state index contributed by atoms with van der Waals surface area (Å²) in [6.07, 6.45) is 4.60. The minimum atomic E-state index is -0.0266. The molecule has 1 fully saturated rings. The Morgan fingerprint density at radius 2 is 1.93 bits per heavy atom. The number of hydrogen-bond donors (Lipinski definition) is 1. The van der Waals surface area contributed by atoms with Crippen molar-refractivity contribution in [1.82, 2.24) is 15.3 Å². The molecule has 156 valence electrons. The lowest BCUT2D eigenvalue weighted by molar-refractivity contribution is -0.123. The number of fused-ring (bicyclic) bond motifs is 1. The molecule has 28 heavy (non-hydrogen) atoms. The fourth-order valence-corrected chi connectivity index (χ4v) is 4.39. The van der Waals surface area contributed by atoms with Crippen molar-refractivity contribution in [3.63, 3.8) is 0 Å². The maximum atomic E-state index is 12.6. The zero-order valence-electron chi connectivity index (χ0n) is 18.5. The molecule has 1 saturated heterocycles. The number of carbonyl (C=O) groups is 1. The van der Waals surface area contributed by atoms with Gasteiger partial charge in [0.1, 0.15) is 0 Å². The average molecular weight is 389 g/mol. The van der Waals surface area contributed by atoms with Crippen molar-refractivity contribution in [2.24, 2.45) is 10.8 Å². The summed E-state index contributed by atoms with van der Waals surface area (Å²) in [6.45, 7) is 16.5. The van der Waals surface area contributed by atoms with E-state index in [0.717, 1.165) is 43.1 Å². The van der Waals surface area contributed by atoms with Crippen LogP contribution in [0.1, 0.15) is 78.6 Å². The standard InChI is InChI=1S/C22H36N4O2/c1-14-12-26(13-15(2)28-14)20-23-11-16-17(24-19(27)10-21(3,4)5)8-22(6,7)9-18(16)25-20/h11,14-15,17H,8-10,12-13H2,1-7H3,(H,24,27)/t14-,15-,17-/m1/s1. The Balaban J connectivity index is 1.83. The van der Waals surface area contributed by atoms with Crippen LogP contribution in [-0.4, -0.2) is 41.2 Å². The fourth-order valence-electron chi connectivity index (χ4n) is 4.39. The Bertz CT molecular complexity index is 716. The van der Waals surface area contributed by atoms with Gasteiger partial charge < -0.3 is 15.0 Å². The first-order valence-electron chi connectivity index (χ1n) is 10.5. The third-order valence-corrected chi connectivity index (χ3v) is 5.39. The molecule has 1 aliphatic heterocycles. The maximum Gasteiger partial charge on any atom is 0.225 e. The number of nitrogens with one attached hydrogen (secondary N) is 1. The van der Waals surface area contributed by atoms with Crippen LogP contribution in [0.2, 0.25) is 0 Å². The molecule has 0 bridgehead atoms. The van der Waals surface area contributed by atoms with Crippen LogP contribution in [0.4, 0.5) is 5.95 Å². The molecule has 0 unspecified atom stereocenters. The summed E-state index contributed by atoms with van der Waals surface area (Å²) in [6, 6.07) is -0.0230. The lowest BCUT2D eigenvalue weighted by Crippen LogP contribution is -2.46. The summed E-state index contributed by atoms with van der Waals surface area (Å²) in [5.74, 6) is 0.874. The lowest BCUT2D eigenvalue weighted by Gasteiger charge is -2.38. The molecule has 1 N–H and O–H groups in total. The van der Waals surface area contributed by atoms with E-state index in [1.54, 1.807) is 0 Å². The summed E-state index contributed by atoms with van der Waals surface area (Å²) in [4.78, 5) is 24.4. The highest BCUT2D eigenvalue weighted by molar-refractivity contribution is 5.77.